The summed E-state index contributed by atoms with van der Waals surface area (Å²) in [6.45, 7) is 14.3. The van der Waals surface area contributed by atoms with Gasteiger partial charge >= 0.3 is 0 Å². The lowest BCUT2D eigenvalue weighted by molar-refractivity contribution is 0.218. The van der Waals surface area contributed by atoms with Crippen LogP contribution in [0.1, 0.15) is 73.6 Å². The van der Waals surface area contributed by atoms with E-state index in [9.17, 15) is 0 Å². The van der Waals surface area contributed by atoms with Crippen LogP contribution in [-0.2, 0) is 0 Å². The average molecular weight is 225 g/mol. The van der Waals surface area contributed by atoms with Crippen molar-refractivity contribution in [1.29, 1.82) is 0 Å². The summed E-state index contributed by atoms with van der Waals surface area (Å²) in [5.41, 5.74) is 1.03. The fourth-order valence-corrected chi connectivity index (χ4v) is 3.58. The molecule has 0 heterocycles. The van der Waals surface area contributed by atoms with E-state index in [1.165, 1.54) is 32.1 Å². The smallest absolute Gasteiger partial charge is 0.0128 e. The van der Waals surface area contributed by atoms with Gasteiger partial charge in [-0.1, -0.05) is 41.0 Å². The van der Waals surface area contributed by atoms with E-state index < -0.39 is 0 Å². The van der Waals surface area contributed by atoms with Crippen LogP contribution in [0.3, 0.4) is 0 Å². The van der Waals surface area contributed by atoms with Gasteiger partial charge in [-0.15, -0.1) is 0 Å². The molecular formula is C15H31N. The quantitative estimate of drug-likeness (QED) is 0.732. The topological polar surface area (TPSA) is 12.0 Å². The predicted molar refractivity (Wildman–Crippen MR) is 72.7 cm³/mol. The van der Waals surface area contributed by atoms with Crippen LogP contribution in [0, 0.1) is 10.8 Å². The second kappa shape index (κ2) is 5.08. The SMILES string of the molecule is CCCC(C)NC1CC(C)(C)CC1(C)CC. The lowest BCUT2D eigenvalue weighted by Crippen LogP contribution is -2.43. The van der Waals surface area contributed by atoms with E-state index in [1.54, 1.807) is 0 Å². The van der Waals surface area contributed by atoms with Gasteiger partial charge in [0.05, 0.1) is 0 Å². The van der Waals surface area contributed by atoms with Gasteiger partial charge in [0.15, 0.2) is 0 Å². The molecule has 3 atom stereocenters. The molecule has 96 valence electrons. The summed E-state index contributed by atoms with van der Waals surface area (Å²) in [5.74, 6) is 0. The molecule has 1 fully saturated rings. The largest absolute Gasteiger partial charge is 0.311 e. The molecule has 0 aromatic rings. The molecular weight excluding hydrogens is 194 g/mol. The molecule has 0 aromatic carbocycles. The van der Waals surface area contributed by atoms with Crippen LogP contribution < -0.4 is 5.32 Å². The van der Waals surface area contributed by atoms with E-state index in [0.29, 0.717) is 22.9 Å². The third kappa shape index (κ3) is 3.23. The summed E-state index contributed by atoms with van der Waals surface area (Å²) in [7, 11) is 0. The number of nitrogens with one attached hydrogen (secondary N) is 1. The minimum absolute atomic E-state index is 0.505. The summed E-state index contributed by atoms with van der Waals surface area (Å²) in [6, 6.07) is 1.39. The van der Waals surface area contributed by atoms with Crippen molar-refractivity contribution < 1.29 is 0 Å². The van der Waals surface area contributed by atoms with Crippen LogP contribution in [0.5, 0.6) is 0 Å². The molecule has 0 bridgehead atoms. The first-order chi connectivity index (χ1) is 7.33. The maximum absolute atomic E-state index is 3.88. The summed E-state index contributed by atoms with van der Waals surface area (Å²) < 4.78 is 0. The molecule has 0 radical (unpaired) electrons. The Bertz CT molecular complexity index is 221. The monoisotopic (exact) mass is 225 g/mol. The molecule has 1 nitrogen and oxygen atoms in total. The van der Waals surface area contributed by atoms with Crippen LogP contribution in [0.4, 0.5) is 0 Å². The first-order valence-electron chi connectivity index (χ1n) is 7.09. The molecule has 1 rings (SSSR count). The van der Waals surface area contributed by atoms with Gasteiger partial charge in [0.2, 0.25) is 0 Å². The number of rotatable bonds is 5. The van der Waals surface area contributed by atoms with E-state index in [2.05, 4.69) is 46.9 Å². The van der Waals surface area contributed by atoms with Gasteiger partial charge < -0.3 is 5.32 Å². The molecule has 1 aliphatic rings. The molecule has 1 saturated carbocycles. The molecule has 0 amide bonds. The van der Waals surface area contributed by atoms with Crippen LogP contribution in [0.25, 0.3) is 0 Å². The lowest BCUT2D eigenvalue weighted by atomic mass is 9.79. The van der Waals surface area contributed by atoms with E-state index >= 15 is 0 Å². The maximum atomic E-state index is 3.88. The van der Waals surface area contributed by atoms with Crippen LogP contribution >= 0.6 is 0 Å². The van der Waals surface area contributed by atoms with Gasteiger partial charge in [0, 0.05) is 12.1 Å². The molecule has 1 N–H and O–H groups in total. The molecule has 16 heavy (non-hydrogen) atoms. The summed E-state index contributed by atoms with van der Waals surface area (Å²) in [6.07, 6.45) is 6.59. The molecule has 1 heteroatoms. The Morgan fingerprint density at radius 2 is 1.88 bits per heavy atom. The van der Waals surface area contributed by atoms with Gasteiger partial charge in [-0.3, -0.25) is 0 Å². The fourth-order valence-electron chi connectivity index (χ4n) is 3.58. The average Bonchev–Trinajstić information content (AvgIpc) is 2.37. The summed E-state index contributed by atoms with van der Waals surface area (Å²) in [4.78, 5) is 0. The van der Waals surface area contributed by atoms with Gasteiger partial charge in [-0.2, -0.15) is 0 Å². The second-order valence-corrected chi connectivity index (χ2v) is 6.96. The highest BCUT2D eigenvalue weighted by Crippen LogP contribution is 2.50. The molecule has 1 aliphatic carbocycles. The highest BCUT2D eigenvalue weighted by molar-refractivity contribution is 5.00. The number of hydrogen-bond acceptors (Lipinski definition) is 1. The minimum Gasteiger partial charge on any atom is -0.311 e. The zero-order chi connectivity index (χ0) is 12.4. The third-order valence-electron chi connectivity index (χ3n) is 4.50. The molecule has 0 spiro atoms. The summed E-state index contributed by atoms with van der Waals surface area (Å²) in [5, 5.41) is 3.88. The van der Waals surface area contributed by atoms with Crippen LogP contribution in [0.15, 0.2) is 0 Å². The third-order valence-corrected chi connectivity index (χ3v) is 4.50. The van der Waals surface area contributed by atoms with Crippen molar-refractivity contribution in [3.63, 3.8) is 0 Å². The van der Waals surface area contributed by atoms with Crippen molar-refractivity contribution in [3.8, 4) is 0 Å². The van der Waals surface area contributed by atoms with E-state index in [-0.39, 0.29) is 0 Å². The van der Waals surface area contributed by atoms with Gasteiger partial charge in [0.25, 0.3) is 0 Å². The second-order valence-electron chi connectivity index (χ2n) is 6.96. The standard InChI is InChI=1S/C15H31N/c1-7-9-12(3)16-13-10-14(4,5)11-15(13,6)8-2/h12-13,16H,7-11H2,1-6H3. The van der Waals surface area contributed by atoms with Gasteiger partial charge in [0.1, 0.15) is 0 Å². The molecule has 0 aromatic heterocycles. The molecule has 0 saturated heterocycles. The van der Waals surface area contributed by atoms with E-state index in [0.717, 1.165) is 0 Å². The normalized spacial score (nSPS) is 35.2. The Balaban J connectivity index is 2.64. The van der Waals surface area contributed by atoms with Crippen molar-refractivity contribution in [1.82, 2.24) is 5.32 Å². The van der Waals surface area contributed by atoms with Crippen LogP contribution in [0.2, 0.25) is 0 Å². The predicted octanol–water partition coefficient (Wildman–Crippen LogP) is 4.37. The zero-order valence-electron chi connectivity index (χ0n) is 12.2. The first-order valence-corrected chi connectivity index (χ1v) is 7.09. The Morgan fingerprint density at radius 1 is 1.25 bits per heavy atom. The maximum Gasteiger partial charge on any atom is 0.0128 e. The van der Waals surface area contributed by atoms with Crippen molar-refractivity contribution in [2.45, 2.75) is 85.7 Å². The van der Waals surface area contributed by atoms with Gasteiger partial charge in [-0.25, -0.2) is 0 Å². The number of hydrogen-bond donors (Lipinski definition) is 1. The van der Waals surface area contributed by atoms with Crippen molar-refractivity contribution >= 4 is 0 Å². The summed E-state index contributed by atoms with van der Waals surface area (Å²) >= 11 is 0. The highest BCUT2D eigenvalue weighted by atomic mass is 15.0. The minimum atomic E-state index is 0.505. The van der Waals surface area contributed by atoms with Crippen LogP contribution in [-0.4, -0.2) is 12.1 Å². The van der Waals surface area contributed by atoms with Crippen molar-refractivity contribution in [2.24, 2.45) is 10.8 Å². The van der Waals surface area contributed by atoms with Crippen molar-refractivity contribution in [2.75, 3.05) is 0 Å². The Labute approximate surface area is 102 Å². The van der Waals surface area contributed by atoms with Crippen molar-refractivity contribution in [3.05, 3.63) is 0 Å². The van der Waals surface area contributed by atoms with E-state index in [4.69, 9.17) is 0 Å². The zero-order valence-corrected chi connectivity index (χ0v) is 12.2. The Kier molecular flexibility index (Phi) is 4.45. The Morgan fingerprint density at radius 3 is 2.38 bits per heavy atom. The highest BCUT2D eigenvalue weighted by Gasteiger charge is 2.46. The molecule has 0 aliphatic heterocycles. The Hall–Kier alpha value is -0.0400. The first kappa shape index (κ1) is 14.0. The van der Waals surface area contributed by atoms with Gasteiger partial charge in [-0.05, 0) is 43.4 Å². The lowest BCUT2D eigenvalue weighted by Gasteiger charge is -2.33. The molecule has 3 unspecified atom stereocenters. The fraction of sp³-hybridized carbons (Fsp3) is 1.00. The van der Waals surface area contributed by atoms with E-state index in [1.807, 2.05) is 0 Å².